The zero-order valence-corrected chi connectivity index (χ0v) is 10.9. The van der Waals surface area contributed by atoms with Gasteiger partial charge in [0.1, 0.15) is 0 Å². The van der Waals surface area contributed by atoms with Crippen LogP contribution in [-0.2, 0) is 16.4 Å². The topological polar surface area (TPSA) is 74.8 Å². The molecular weight excluding hydrogens is 250 g/mol. The summed E-state index contributed by atoms with van der Waals surface area (Å²) in [7, 11) is -3.21. The predicted molar refractivity (Wildman–Crippen MR) is 70.1 cm³/mol. The van der Waals surface area contributed by atoms with Gasteiger partial charge in [-0.25, -0.2) is 8.42 Å². The Balaban J connectivity index is 2.23. The first-order valence-electron chi connectivity index (χ1n) is 5.67. The molecule has 0 radical (unpaired) electrons. The Kier molecular flexibility index (Phi) is 3.66. The van der Waals surface area contributed by atoms with Crippen LogP contribution >= 0.6 is 0 Å². The van der Waals surface area contributed by atoms with Crippen molar-refractivity contribution in [2.24, 2.45) is 0 Å². The number of nitrogens with one attached hydrogen (secondary N) is 2. The fraction of sp³-hybridized carbons (Fsp3) is 0.250. The van der Waals surface area contributed by atoms with Gasteiger partial charge in [-0.2, -0.15) is 5.10 Å². The molecule has 0 aliphatic heterocycles. The average molecular weight is 265 g/mol. The Labute approximate surface area is 106 Å². The van der Waals surface area contributed by atoms with Gasteiger partial charge < -0.3 is 5.32 Å². The van der Waals surface area contributed by atoms with Crippen molar-refractivity contribution in [1.29, 1.82) is 0 Å². The lowest BCUT2D eigenvalue weighted by Gasteiger charge is -2.10. The summed E-state index contributed by atoms with van der Waals surface area (Å²) in [5.74, 6) is 0.0930. The first kappa shape index (κ1) is 12.6. The van der Waals surface area contributed by atoms with Crippen molar-refractivity contribution in [3.63, 3.8) is 0 Å². The number of hydrogen-bond acceptors (Lipinski definition) is 4. The Morgan fingerprint density at radius 2 is 2.06 bits per heavy atom. The van der Waals surface area contributed by atoms with Crippen LogP contribution < -0.4 is 5.32 Å². The van der Waals surface area contributed by atoms with Crippen LogP contribution in [-0.4, -0.2) is 24.4 Å². The number of para-hydroxylation sites is 1. The number of aromatic amines is 1. The molecule has 1 heterocycles. The van der Waals surface area contributed by atoms with Gasteiger partial charge in [-0.15, -0.1) is 0 Å². The third-order valence-electron chi connectivity index (χ3n) is 2.63. The van der Waals surface area contributed by atoms with Gasteiger partial charge in [0.15, 0.2) is 9.84 Å². The summed E-state index contributed by atoms with van der Waals surface area (Å²) in [5.41, 5.74) is 1.52. The maximum Gasteiger partial charge on any atom is 0.180 e. The summed E-state index contributed by atoms with van der Waals surface area (Å²) in [4.78, 5) is 0.340. The Morgan fingerprint density at radius 1 is 1.28 bits per heavy atom. The highest BCUT2D eigenvalue weighted by molar-refractivity contribution is 7.91. The van der Waals surface area contributed by atoms with Crippen LogP contribution in [0.5, 0.6) is 0 Å². The van der Waals surface area contributed by atoms with E-state index < -0.39 is 9.84 Å². The van der Waals surface area contributed by atoms with Crippen LogP contribution in [0.2, 0.25) is 0 Å². The molecule has 5 nitrogen and oxygen atoms in total. The fourth-order valence-electron chi connectivity index (χ4n) is 1.61. The first-order chi connectivity index (χ1) is 8.63. The van der Waals surface area contributed by atoms with E-state index in [0.29, 0.717) is 17.1 Å². The van der Waals surface area contributed by atoms with Crippen molar-refractivity contribution in [2.45, 2.75) is 18.4 Å². The molecule has 0 saturated carbocycles. The highest BCUT2D eigenvalue weighted by atomic mass is 32.2. The van der Waals surface area contributed by atoms with Gasteiger partial charge in [0.2, 0.25) is 0 Å². The molecule has 6 heteroatoms. The number of sulfone groups is 1. The van der Waals surface area contributed by atoms with Crippen molar-refractivity contribution in [2.75, 3.05) is 11.1 Å². The Bertz CT molecular complexity index is 606. The SMILES string of the molecule is CCS(=O)(=O)c1ccccc1NCc1ccn[nH]1. The second-order valence-electron chi connectivity index (χ2n) is 3.84. The van der Waals surface area contributed by atoms with Gasteiger partial charge in [0, 0.05) is 6.20 Å². The number of aromatic nitrogens is 2. The maximum atomic E-state index is 11.9. The summed E-state index contributed by atoms with van der Waals surface area (Å²) in [6.45, 7) is 2.15. The molecule has 0 unspecified atom stereocenters. The molecule has 2 N–H and O–H groups in total. The summed E-state index contributed by atoms with van der Waals surface area (Å²) in [5, 5.41) is 9.76. The van der Waals surface area contributed by atoms with Crippen LogP contribution in [0.3, 0.4) is 0 Å². The van der Waals surface area contributed by atoms with Crippen LogP contribution in [0.4, 0.5) is 5.69 Å². The number of anilines is 1. The van der Waals surface area contributed by atoms with E-state index in [9.17, 15) is 8.42 Å². The number of benzene rings is 1. The molecule has 0 spiro atoms. The lowest BCUT2D eigenvalue weighted by atomic mass is 10.3. The predicted octanol–water partition coefficient (Wildman–Crippen LogP) is 1.82. The summed E-state index contributed by atoms with van der Waals surface area (Å²) in [6, 6.07) is 8.75. The molecular formula is C12H15N3O2S. The van der Waals surface area contributed by atoms with Gasteiger partial charge in [-0.3, -0.25) is 5.10 Å². The standard InChI is InChI=1S/C12H15N3O2S/c1-2-18(16,17)12-6-4-3-5-11(12)13-9-10-7-8-14-15-10/h3-8,13H,2,9H2,1H3,(H,14,15). The number of hydrogen-bond donors (Lipinski definition) is 2. The molecule has 0 saturated heterocycles. The lowest BCUT2D eigenvalue weighted by Crippen LogP contribution is -2.09. The molecule has 1 aromatic carbocycles. The molecule has 2 rings (SSSR count). The van der Waals surface area contributed by atoms with Gasteiger partial charge in [-0.1, -0.05) is 19.1 Å². The van der Waals surface area contributed by atoms with E-state index in [4.69, 9.17) is 0 Å². The third-order valence-corrected chi connectivity index (χ3v) is 4.42. The molecule has 1 aromatic heterocycles. The Hall–Kier alpha value is -1.82. The first-order valence-corrected chi connectivity index (χ1v) is 7.32. The molecule has 0 amide bonds. The van der Waals surface area contributed by atoms with E-state index in [2.05, 4.69) is 15.5 Å². The molecule has 0 aliphatic rings. The van der Waals surface area contributed by atoms with E-state index in [0.717, 1.165) is 5.69 Å². The van der Waals surface area contributed by atoms with Crippen LogP contribution in [0, 0.1) is 0 Å². The number of rotatable bonds is 5. The number of nitrogens with zero attached hydrogens (tertiary/aromatic N) is 1. The van der Waals surface area contributed by atoms with E-state index >= 15 is 0 Å². The van der Waals surface area contributed by atoms with E-state index in [1.807, 2.05) is 12.1 Å². The molecule has 2 aromatic rings. The Morgan fingerprint density at radius 3 is 2.72 bits per heavy atom. The molecule has 0 aliphatic carbocycles. The zero-order valence-electron chi connectivity index (χ0n) is 10.1. The molecule has 0 fully saturated rings. The summed E-state index contributed by atoms with van der Waals surface area (Å²) >= 11 is 0. The van der Waals surface area contributed by atoms with Crippen molar-refractivity contribution in [1.82, 2.24) is 10.2 Å². The minimum absolute atomic E-state index is 0.0930. The van der Waals surface area contributed by atoms with E-state index in [-0.39, 0.29) is 5.75 Å². The molecule has 18 heavy (non-hydrogen) atoms. The maximum absolute atomic E-state index is 11.9. The summed E-state index contributed by atoms with van der Waals surface area (Å²) < 4.78 is 23.8. The second kappa shape index (κ2) is 5.22. The van der Waals surface area contributed by atoms with Crippen LogP contribution in [0.25, 0.3) is 0 Å². The van der Waals surface area contributed by atoms with Crippen LogP contribution in [0.15, 0.2) is 41.4 Å². The average Bonchev–Trinajstić information content (AvgIpc) is 2.90. The molecule has 96 valence electrons. The van der Waals surface area contributed by atoms with Crippen molar-refractivity contribution < 1.29 is 8.42 Å². The third kappa shape index (κ3) is 2.70. The summed E-state index contributed by atoms with van der Waals surface area (Å²) in [6.07, 6.45) is 1.66. The van der Waals surface area contributed by atoms with Crippen molar-refractivity contribution in [3.8, 4) is 0 Å². The fourth-order valence-corrected chi connectivity index (χ4v) is 2.69. The highest BCUT2D eigenvalue weighted by Gasteiger charge is 2.15. The van der Waals surface area contributed by atoms with Gasteiger partial charge in [0.05, 0.1) is 28.6 Å². The van der Waals surface area contributed by atoms with E-state index in [1.165, 1.54) is 0 Å². The van der Waals surface area contributed by atoms with E-state index in [1.54, 1.807) is 31.3 Å². The van der Waals surface area contributed by atoms with Crippen molar-refractivity contribution >= 4 is 15.5 Å². The van der Waals surface area contributed by atoms with Crippen molar-refractivity contribution in [3.05, 3.63) is 42.2 Å². The lowest BCUT2D eigenvalue weighted by molar-refractivity contribution is 0.597. The monoisotopic (exact) mass is 265 g/mol. The van der Waals surface area contributed by atoms with Gasteiger partial charge in [0.25, 0.3) is 0 Å². The minimum Gasteiger partial charge on any atom is -0.378 e. The largest absolute Gasteiger partial charge is 0.378 e. The number of H-pyrrole nitrogens is 1. The minimum atomic E-state index is -3.21. The second-order valence-corrected chi connectivity index (χ2v) is 6.08. The quantitative estimate of drug-likeness (QED) is 0.864. The van der Waals surface area contributed by atoms with Crippen LogP contribution in [0.1, 0.15) is 12.6 Å². The van der Waals surface area contributed by atoms with Gasteiger partial charge in [-0.05, 0) is 18.2 Å². The normalized spacial score (nSPS) is 11.4. The highest BCUT2D eigenvalue weighted by Crippen LogP contribution is 2.22. The zero-order chi connectivity index (χ0) is 13.0. The molecule has 0 atom stereocenters. The van der Waals surface area contributed by atoms with Gasteiger partial charge >= 0.3 is 0 Å². The molecule has 0 bridgehead atoms. The smallest absolute Gasteiger partial charge is 0.180 e.